The van der Waals surface area contributed by atoms with Gasteiger partial charge in [0.2, 0.25) is 11.8 Å². The molecular weight excluding hydrogens is 428 g/mol. The summed E-state index contributed by atoms with van der Waals surface area (Å²) in [6.45, 7) is 0.948. The SMILES string of the molecule is O=C(NCc1ccnc(OC2CCCC2)c1)[C@@H]1CCCN1C1=NS(=O)(=O)c2ccccc21. The number of ether oxygens (including phenoxy) is 1. The quantitative estimate of drug-likeness (QED) is 0.745. The highest BCUT2D eigenvalue weighted by molar-refractivity contribution is 7.90. The van der Waals surface area contributed by atoms with Crippen LogP contribution in [0.3, 0.4) is 0 Å². The van der Waals surface area contributed by atoms with Gasteiger partial charge in [-0.15, -0.1) is 4.40 Å². The minimum Gasteiger partial charge on any atom is -0.474 e. The van der Waals surface area contributed by atoms with Crippen molar-refractivity contribution >= 4 is 21.8 Å². The van der Waals surface area contributed by atoms with Crippen LogP contribution in [0.4, 0.5) is 0 Å². The number of aromatic nitrogens is 1. The first-order valence-corrected chi connectivity index (χ1v) is 12.6. The lowest BCUT2D eigenvalue weighted by Crippen LogP contribution is -2.45. The van der Waals surface area contributed by atoms with Crippen LogP contribution in [-0.4, -0.2) is 48.7 Å². The third kappa shape index (κ3) is 4.09. The summed E-state index contributed by atoms with van der Waals surface area (Å²) in [5, 5.41) is 2.99. The van der Waals surface area contributed by atoms with Crippen LogP contribution < -0.4 is 10.1 Å². The Morgan fingerprint density at radius 2 is 1.94 bits per heavy atom. The van der Waals surface area contributed by atoms with E-state index in [1.54, 1.807) is 30.5 Å². The second kappa shape index (κ2) is 8.54. The fraction of sp³-hybridized carbons (Fsp3) is 0.435. The molecule has 1 saturated carbocycles. The molecule has 1 amide bonds. The van der Waals surface area contributed by atoms with Crippen molar-refractivity contribution in [1.29, 1.82) is 0 Å². The smallest absolute Gasteiger partial charge is 0.285 e. The predicted molar refractivity (Wildman–Crippen MR) is 119 cm³/mol. The van der Waals surface area contributed by atoms with Crippen molar-refractivity contribution in [1.82, 2.24) is 15.2 Å². The molecule has 0 spiro atoms. The Balaban J connectivity index is 1.26. The van der Waals surface area contributed by atoms with E-state index in [0.29, 0.717) is 36.8 Å². The molecular formula is C23H26N4O4S. The Labute approximate surface area is 187 Å². The van der Waals surface area contributed by atoms with Crippen molar-refractivity contribution in [2.75, 3.05) is 6.54 Å². The van der Waals surface area contributed by atoms with Crippen molar-refractivity contribution in [2.45, 2.75) is 62.1 Å². The normalized spacial score (nSPS) is 21.9. The van der Waals surface area contributed by atoms with Crippen molar-refractivity contribution < 1.29 is 17.9 Å². The van der Waals surface area contributed by atoms with Gasteiger partial charge in [0.15, 0.2) is 5.84 Å². The molecule has 1 atom stereocenters. The van der Waals surface area contributed by atoms with Gasteiger partial charge in [-0.2, -0.15) is 8.42 Å². The molecule has 3 heterocycles. The van der Waals surface area contributed by atoms with Crippen LogP contribution >= 0.6 is 0 Å². The molecule has 168 valence electrons. The number of hydrogen-bond donors (Lipinski definition) is 1. The molecule has 32 heavy (non-hydrogen) atoms. The van der Waals surface area contributed by atoms with E-state index in [4.69, 9.17) is 4.74 Å². The number of nitrogens with one attached hydrogen (secondary N) is 1. The van der Waals surface area contributed by atoms with Gasteiger partial charge >= 0.3 is 0 Å². The van der Waals surface area contributed by atoms with Gasteiger partial charge in [0.05, 0.1) is 0 Å². The van der Waals surface area contributed by atoms with Gasteiger partial charge in [-0.05, 0) is 62.3 Å². The third-order valence-corrected chi connectivity index (χ3v) is 7.62. The highest BCUT2D eigenvalue weighted by Crippen LogP contribution is 2.31. The van der Waals surface area contributed by atoms with Crippen LogP contribution in [0, 0.1) is 0 Å². The summed E-state index contributed by atoms with van der Waals surface area (Å²) in [7, 11) is -3.72. The zero-order valence-corrected chi connectivity index (χ0v) is 18.6. The van der Waals surface area contributed by atoms with Crippen LogP contribution in [0.5, 0.6) is 5.88 Å². The zero-order chi connectivity index (χ0) is 22.1. The number of sulfonamides is 1. The first kappa shape index (κ1) is 20.9. The third-order valence-electron chi connectivity index (χ3n) is 6.30. The second-order valence-electron chi connectivity index (χ2n) is 8.48. The summed E-state index contributed by atoms with van der Waals surface area (Å²) in [5.41, 5.74) is 1.48. The number of fused-ring (bicyclic) bond motifs is 1. The van der Waals surface area contributed by atoms with E-state index in [1.807, 2.05) is 17.0 Å². The second-order valence-corrected chi connectivity index (χ2v) is 10.1. The first-order chi connectivity index (χ1) is 15.5. The van der Waals surface area contributed by atoms with Crippen molar-refractivity contribution in [3.63, 3.8) is 0 Å². The molecule has 0 unspecified atom stereocenters. The molecule has 3 aliphatic rings. The maximum atomic E-state index is 13.0. The van der Waals surface area contributed by atoms with E-state index < -0.39 is 16.1 Å². The number of amides is 1. The molecule has 2 fully saturated rings. The Bertz CT molecular complexity index is 1160. The summed E-state index contributed by atoms with van der Waals surface area (Å²) in [6, 6.07) is 10.0. The Morgan fingerprint density at radius 1 is 1.12 bits per heavy atom. The van der Waals surface area contributed by atoms with Crippen LogP contribution in [-0.2, 0) is 21.4 Å². The van der Waals surface area contributed by atoms with Crippen molar-refractivity contribution in [2.24, 2.45) is 4.40 Å². The highest BCUT2D eigenvalue weighted by Gasteiger charge is 2.39. The van der Waals surface area contributed by atoms with E-state index in [0.717, 1.165) is 24.8 Å². The van der Waals surface area contributed by atoms with E-state index >= 15 is 0 Å². The molecule has 1 aliphatic carbocycles. The van der Waals surface area contributed by atoms with E-state index in [1.165, 1.54) is 12.8 Å². The van der Waals surface area contributed by atoms with Crippen molar-refractivity contribution in [3.05, 3.63) is 53.7 Å². The molecule has 1 aromatic carbocycles. The monoisotopic (exact) mass is 454 g/mol. The van der Waals surface area contributed by atoms with Gasteiger partial charge in [-0.25, -0.2) is 4.98 Å². The van der Waals surface area contributed by atoms with Gasteiger partial charge < -0.3 is 15.0 Å². The number of nitrogens with zero attached hydrogens (tertiary/aromatic N) is 3. The molecule has 2 aromatic rings. The van der Waals surface area contributed by atoms with E-state index in [2.05, 4.69) is 14.7 Å². The Morgan fingerprint density at radius 3 is 2.78 bits per heavy atom. The molecule has 9 heteroatoms. The topological polar surface area (TPSA) is 101 Å². The fourth-order valence-electron chi connectivity index (χ4n) is 4.70. The maximum absolute atomic E-state index is 13.0. The lowest BCUT2D eigenvalue weighted by atomic mass is 10.1. The van der Waals surface area contributed by atoms with Crippen molar-refractivity contribution in [3.8, 4) is 5.88 Å². The van der Waals surface area contributed by atoms with Gasteiger partial charge in [0.25, 0.3) is 10.0 Å². The number of carbonyl (C=O) groups excluding carboxylic acids is 1. The van der Waals surface area contributed by atoms with Gasteiger partial charge in [0.1, 0.15) is 17.0 Å². The molecule has 1 N–H and O–H groups in total. The predicted octanol–water partition coefficient (Wildman–Crippen LogP) is 2.63. The Hall–Kier alpha value is -2.94. The average molecular weight is 455 g/mol. The van der Waals surface area contributed by atoms with Gasteiger partial charge in [-0.1, -0.05) is 12.1 Å². The van der Waals surface area contributed by atoms with E-state index in [9.17, 15) is 13.2 Å². The number of hydrogen-bond acceptors (Lipinski definition) is 6. The van der Waals surface area contributed by atoms with Gasteiger partial charge in [0, 0.05) is 30.9 Å². The highest BCUT2D eigenvalue weighted by atomic mass is 32.2. The lowest BCUT2D eigenvalue weighted by molar-refractivity contribution is -0.124. The largest absolute Gasteiger partial charge is 0.474 e. The van der Waals surface area contributed by atoms with Crippen LogP contribution in [0.1, 0.15) is 49.7 Å². The summed E-state index contributed by atoms with van der Waals surface area (Å²) < 4.78 is 34.8. The fourth-order valence-corrected chi connectivity index (χ4v) is 5.91. The summed E-state index contributed by atoms with van der Waals surface area (Å²) in [5.74, 6) is 0.824. The van der Waals surface area contributed by atoms with Gasteiger partial charge in [-0.3, -0.25) is 4.79 Å². The number of carbonyl (C=O) groups is 1. The minimum atomic E-state index is -3.72. The minimum absolute atomic E-state index is 0.137. The molecule has 8 nitrogen and oxygen atoms in total. The molecule has 0 radical (unpaired) electrons. The average Bonchev–Trinajstić information content (AvgIpc) is 3.53. The lowest BCUT2D eigenvalue weighted by Gasteiger charge is -2.25. The van der Waals surface area contributed by atoms with Crippen LogP contribution in [0.2, 0.25) is 0 Å². The Kier molecular flexibility index (Phi) is 5.58. The molecule has 2 aliphatic heterocycles. The molecule has 0 bridgehead atoms. The summed E-state index contributed by atoms with van der Waals surface area (Å²) in [6.07, 6.45) is 7.87. The van der Waals surface area contributed by atoms with Crippen LogP contribution in [0.25, 0.3) is 0 Å². The first-order valence-electron chi connectivity index (χ1n) is 11.1. The number of pyridine rings is 1. The molecule has 1 aromatic heterocycles. The summed E-state index contributed by atoms with van der Waals surface area (Å²) >= 11 is 0. The standard InChI is InChI=1S/C23H26N4O4S/c28-23(25-15-16-11-12-24-21(14-16)31-17-6-1-2-7-17)19-9-5-13-27(19)22-18-8-3-4-10-20(18)32(29,30)26-22/h3-4,8,10-12,14,17,19H,1-2,5-7,9,13,15H2,(H,25,28)/t19-/m0/s1. The molecule has 1 saturated heterocycles. The number of amidine groups is 1. The number of rotatable bonds is 5. The number of likely N-dealkylation sites (tertiary alicyclic amines) is 1. The number of benzene rings is 1. The maximum Gasteiger partial charge on any atom is 0.285 e. The van der Waals surface area contributed by atoms with E-state index in [-0.39, 0.29) is 16.9 Å². The van der Waals surface area contributed by atoms with Crippen LogP contribution in [0.15, 0.2) is 51.9 Å². The zero-order valence-electron chi connectivity index (χ0n) is 17.7. The molecule has 5 rings (SSSR count). The summed E-state index contributed by atoms with van der Waals surface area (Å²) in [4.78, 5) is 19.3.